The van der Waals surface area contributed by atoms with Gasteiger partial charge < -0.3 is 9.47 Å². The monoisotopic (exact) mass is 238 g/mol. The lowest BCUT2D eigenvalue weighted by Crippen LogP contribution is -2.39. The second kappa shape index (κ2) is 4.01. The van der Waals surface area contributed by atoms with Crippen molar-refractivity contribution in [3.05, 3.63) is 0 Å². The van der Waals surface area contributed by atoms with E-state index >= 15 is 0 Å². The lowest BCUT2D eigenvalue weighted by molar-refractivity contribution is -0.773. The highest BCUT2D eigenvalue weighted by molar-refractivity contribution is 7.92. The number of sulfonamides is 1. The molecule has 1 aliphatic heterocycles. The fourth-order valence-electron chi connectivity index (χ4n) is 2.06. The summed E-state index contributed by atoms with van der Waals surface area (Å²) in [6.45, 7) is 5.41. The Hall–Kier alpha value is -0.170. The quantitative estimate of drug-likeness (QED) is 0.489. The molecule has 0 spiro atoms. The maximum atomic E-state index is 11.9. The average Bonchev–Trinajstić information content (AvgIpc) is 2.49. The highest BCUT2D eigenvalue weighted by atomic mass is 32.2. The topological polar surface area (TPSA) is 52.6 Å². The van der Waals surface area contributed by atoms with Gasteiger partial charge in [0.25, 0.3) is 4.87 Å². The van der Waals surface area contributed by atoms with Gasteiger partial charge in [0, 0.05) is 28.1 Å². The maximum absolute atomic E-state index is 11.9. The van der Waals surface area contributed by atoms with Crippen LogP contribution in [0, 0.1) is 0 Å². The third kappa shape index (κ3) is 1.60. The molecule has 0 amide bonds. The van der Waals surface area contributed by atoms with E-state index in [1.807, 2.05) is 0 Å². The Morgan fingerprint density at radius 3 is 1.60 bits per heavy atom. The van der Waals surface area contributed by atoms with E-state index in [0.717, 1.165) is 0 Å². The zero-order valence-electron chi connectivity index (χ0n) is 9.82. The molecule has 5 nitrogen and oxygen atoms in total. The fraction of sp³-hybridized carbons (Fsp3) is 1.00. The van der Waals surface area contributed by atoms with E-state index in [-0.39, 0.29) is 3.89 Å². The summed E-state index contributed by atoms with van der Waals surface area (Å²) in [5.74, 6) is 0. The zero-order chi connectivity index (χ0) is 11.7. The minimum Gasteiger partial charge on any atom is -0.379 e. The van der Waals surface area contributed by atoms with Crippen molar-refractivity contribution in [2.75, 3.05) is 40.5 Å². The van der Waals surface area contributed by atoms with Crippen LogP contribution in [0.2, 0.25) is 0 Å². The molecule has 90 valence electrons. The van der Waals surface area contributed by atoms with Crippen LogP contribution in [0.15, 0.2) is 0 Å². The molecule has 0 aromatic carbocycles. The summed E-state index contributed by atoms with van der Waals surface area (Å²) in [7, 11) is 0.0943. The Balaban J connectivity index is 2.82. The van der Waals surface area contributed by atoms with Crippen LogP contribution < -0.4 is 0 Å². The maximum Gasteiger partial charge on any atom is 0.355 e. The number of quaternary nitrogens is 1. The van der Waals surface area contributed by atoms with E-state index in [9.17, 15) is 8.42 Å². The van der Waals surface area contributed by atoms with Gasteiger partial charge in [0.1, 0.15) is 13.1 Å². The minimum absolute atomic E-state index is 0.0850. The number of methoxy groups -OCH3 is 2. The first-order valence-corrected chi connectivity index (χ1v) is 6.41. The van der Waals surface area contributed by atoms with Crippen molar-refractivity contribution >= 4 is 10.0 Å². The van der Waals surface area contributed by atoms with Crippen LogP contribution >= 0.6 is 0 Å². The lowest BCUT2D eigenvalue weighted by Gasteiger charge is -2.17. The van der Waals surface area contributed by atoms with Gasteiger partial charge >= 0.3 is 10.0 Å². The minimum atomic E-state index is -3.06. The van der Waals surface area contributed by atoms with Crippen LogP contribution in [-0.2, 0) is 19.5 Å². The normalized spacial score (nSPS) is 25.1. The van der Waals surface area contributed by atoms with Gasteiger partial charge in [-0.15, -0.1) is 0 Å². The van der Waals surface area contributed by atoms with Crippen LogP contribution in [0.1, 0.15) is 13.8 Å². The first-order chi connectivity index (χ1) is 6.87. The highest BCUT2D eigenvalue weighted by Gasteiger charge is 2.80. The van der Waals surface area contributed by atoms with Gasteiger partial charge in [-0.3, -0.25) is 0 Å². The van der Waals surface area contributed by atoms with Crippen LogP contribution in [0.5, 0.6) is 0 Å². The average molecular weight is 238 g/mol. The van der Waals surface area contributed by atoms with Crippen LogP contribution in [0.4, 0.5) is 0 Å². The molecule has 0 bridgehead atoms. The number of rotatable bonds is 6. The highest BCUT2D eigenvalue weighted by Crippen LogP contribution is 2.52. The summed E-state index contributed by atoms with van der Waals surface area (Å²) in [6.07, 6.45) is 0. The van der Waals surface area contributed by atoms with E-state index in [4.69, 9.17) is 9.47 Å². The largest absolute Gasteiger partial charge is 0.379 e. The van der Waals surface area contributed by atoms with E-state index in [2.05, 4.69) is 0 Å². The van der Waals surface area contributed by atoms with Crippen LogP contribution in [0.25, 0.3) is 0 Å². The number of nitrogens with zero attached hydrogens (tertiary/aromatic N) is 1. The van der Waals surface area contributed by atoms with Gasteiger partial charge in [-0.1, -0.05) is 0 Å². The smallest absolute Gasteiger partial charge is 0.355 e. The third-order valence-electron chi connectivity index (χ3n) is 3.35. The summed E-state index contributed by atoms with van der Waals surface area (Å²) >= 11 is 0. The Morgan fingerprint density at radius 1 is 1.07 bits per heavy atom. The zero-order valence-corrected chi connectivity index (χ0v) is 10.6. The van der Waals surface area contributed by atoms with Gasteiger partial charge in [-0.25, -0.2) is 0 Å². The number of hydrogen-bond acceptors (Lipinski definition) is 4. The van der Waals surface area contributed by atoms with Crippen molar-refractivity contribution in [3.63, 3.8) is 0 Å². The van der Waals surface area contributed by atoms with Gasteiger partial charge in [-0.2, -0.15) is 12.3 Å². The van der Waals surface area contributed by atoms with Gasteiger partial charge in [0.2, 0.25) is 0 Å². The predicted octanol–water partition coefficient (Wildman–Crippen LogP) is 0.175. The van der Waals surface area contributed by atoms with Crippen LogP contribution in [-0.4, -0.2) is 57.7 Å². The Labute approximate surface area is 91.6 Å². The molecule has 0 atom stereocenters. The van der Waals surface area contributed by atoms with Gasteiger partial charge in [-0.05, 0) is 0 Å². The third-order valence-corrected chi connectivity index (χ3v) is 6.53. The summed E-state index contributed by atoms with van der Waals surface area (Å²) < 4.78 is 33.9. The standard InChI is InChI=1S/C9H20NO4S/c1-9(2)10(5-7-13-3,6-8-14-4)15(9,11)12/h5-8H2,1-4H3/q+1. The first kappa shape index (κ1) is 12.9. The molecule has 1 fully saturated rings. The summed E-state index contributed by atoms with van der Waals surface area (Å²) in [6, 6.07) is 0. The van der Waals surface area contributed by atoms with Crippen molar-refractivity contribution in [2.24, 2.45) is 0 Å². The molecule has 0 N–H and O–H groups in total. The molecule has 0 radical (unpaired) electrons. The molecule has 0 aromatic rings. The molecule has 1 aliphatic rings. The second-order valence-electron chi connectivity index (χ2n) is 4.24. The number of hydrogen-bond donors (Lipinski definition) is 0. The molecule has 0 aliphatic carbocycles. The first-order valence-electron chi connectivity index (χ1n) is 4.97. The summed E-state index contributed by atoms with van der Waals surface area (Å²) in [5, 5.41) is 0. The van der Waals surface area contributed by atoms with E-state index in [0.29, 0.717) is 26.3 Å². The Bertz CT molecular complexity index is 315. The summed E-state index contributed by atoms with van der Waals surface area (Å²) in [5.41, 5.74) is 0. The molecular weight excluding hydrogens is 218 g/mol. The molecule has 1 rings (SSSR count). The number of ether oxygens (including phenoxy) is 2. The molecular formula is C9H20NO4S+. The van der Waals surface area contributed by atoms with Crippen molar-refractivity contribution in [1.82, 2.24) is 0 Å². The molecule has 0 aromatic heterocycles. The van der Waals surface area contributed by atoms with Crippen LogP contribution in [0.3, 0.4) is 0 Å². The van der Waals surface area contributed by atoms with E-state index in [1.54, 1.807) is 28.1 Å². The van der Waals surface area contributed by atoms with Crippen molar-refractivity contribution in [3.8, 4) is 0 Å². The van der Waals surface area contributed by atoms with E-state index in [1.165, 1.54) is 0 Å². The fourth-order valence-corrected chi connectivity index (χ4v) is 4.44. The molecule has 6 heteroatoms. The molecule has 1 heterocycles. The van der Waals surface area contributed by atoms with Crippen molar-refractivity contribution in [2.45, 2.75) is 18.7 Å². The molecule has 15 heavy (non-hydrogen) atoms. The molecule has 0 saturated carbocycles. The Morgan fingerprint density at radius 2 is 1.40 bits per heavy atom. The summed E-state index contributed by atoms with van der Waals surface area (Å²) in [4.78, 5) is -0.690. The predicted molar refractivity (Wildman–Crippen MR) is 56.7 cm³/mol. The molecule has 1 saturated heterocycles. The second-order valence-corrected chi connectivity index (χ2v) is 6.89. The van der Waals surface area contributed by atoms with Gasteiger partial charge in [0.15, 0.2) is 0 Å². The van der Waals surface area contributed by atoms with E-state index < -0.39 is 14.9 Å². The van der Waals surface area contributed by atoms with Crippen molar-refractivity contribution < 1.29 is 21.8 Å². The molecule has 0 unspecified atom stereocenters. The lowest BCUT2D eigenvalue weighted by atomic mass is 10.3. The van der Waals surface area contributed by atoms with Crippen molar-refractivity contribution in [1.29, 1.82) is 0 Å². The SMILES string of the molecule is COCC[N+]1(CCOC)C(C)(C)S1(=O)=O. The Kier molecular flexibility index (Phi) is 3.45. The van der Waals surface area contributed by atoms with Gasteiger partial charge in [0.05, 0.1) is 13.2 Å².